The van der Waals surface area contributed by atoms with Gasteiger partial charge >= 0.3 is 0 Å². The zero-order valence-corrected chi connectivity index (χ0v) is 14.5. The van der Waals surface area contributed by atoms with Crippen molar-refractivity contribution >= 4 is 11.4 Å². The van der Waals surface area contributed by atoms with Gasteiger partial charge in [0, 0.05) is 37.6 Å². The molecule has 0 saturated carbocycles. The van der Waals surface area contributed by atoms with Crippen LogP contribution in [0.3, 0.4) is 0 Å². The Bertz CT molecular complexity index is 426. The van der Waals surface area contributed by atoms with Crippen LogP contribution in [0.25, 0.3) is 0 Å². The molecule has 0 amide bonds. The lowest BCUT2D eigenvalue weighted by Gasteiger charge is -2.20. The Kier molecular flexibility index (Phi) is 11.5. The largest absolute Gasteiger partial charge is 0.372 e. The van der Waals surface area contributed by atoms with Gasteiger partial charge in [0.1, 0.15) is 0 Å². The Morgan fingerprint density at radius 2 is 0.783 bits per heavy atom. The maximum Gasteiger partial charge on any atom is 0.0365 e. The standard InChI is InChI=1S/2C10H15N.CH4/c2*1-3-11(4-2)10-8-6-5-7-9-10;/h2*5-9H,3-4H2,1-2H3;1H4. The fourth-order valence-corrected chi connectivity index (χ4v) is 2.46. The summed E-state index contributed by atoms with van der Waals surface area (Å²) in [7, 11) is 0. The van der Waals surface area contributed by atoms with Crippen LogP contribution in [-0.4, -0.2) is 26.2 Å². The highest BCUT2D eigenvalue weighted by atomic mass is 15.1. The molecule has 2 heteroatoms. The van der Waals surface area contributed by atoms with Crippen LogP contribution in [0.1, 0.15) is 35.1 Å². The molecule has 0 saturated heterocycles. The first-order valence-corrected chi connectivity index (χ1v) is 8.36. The molecule has 0 atom stereocenters. The number of anilines is 2. The lowest BCUT2D eigenvalue weighted by Crippen LogP contribution is -2.21. The molecule has 0 unspecified atom stereocenters. The summed E-state index contributed by atoms with van der Waals surface area (Å²) in [4.78, 5) is 4.67. The van der Waals surface area contributed by atoms with Crippen molar-refractivity contribution in [2.24, 2.45) is 0 Å². The second-order valence-corrected chi connectivity index (χ2v) is 5.02. The zero-order chi connectivity index (χ0) is 16.2. The third kappa shape index (κ3) is 7.23. The van der Waals surface area contributed by atoms with E-state index >= 15 is 0 Å². The summed E-state index contributed by atoms with van der Waals surface area (Å²) >= 11 is 0. The van der Waals surface area contributed by atoms with E-state index in [-0.39, 0.29) is 7.43 Å². The van der Waals surface area contributed by atoms with E-state index in [2.05, 4.69) is 86.0 Å². The average molecular weight is 315 g/mol. The summed E-state index contributed by atoms with van der Waals surface area (Å²) in [6, 6.07) is 21.0. The number of para-hydroxylation sites is 2. The number of nitrogens with zero attached hydrogens (tertiary/aromatic N) is 2. The third-order valence-electron chi connectivity index (χ3n) is 3.77. The van der Waals surface area contributed by atoms with Crippen LogP contribution >= 0.6 is 0 Å². The molecule has 0 radical (unpaired) electrons. The number of hydrogen-bond acceptors (Lipinski definition) is 2. The Hall–Kier alpha value is -1.96. The van der Waals surface area contributed by atoms with Crippen LogP contribution in [0, 0.1) is 0 Å². The van der Waals surface area contributed by atoms with Gasteiger partial charge in [-0.3, -0.25) is 0 Å². The monoisotopic (exact) mass is 314 g/mol. The van der Waals surface area contributed by atoms with Crippen molar-refractivity contribution in [2.45, 2.75) is 35.1 Å². The van der Waals surface area contributed by atoms with Crippen molar-refractivity contribution in [3.05, 3.63) is 60.7 Å². The van der Waals surface area contributed by atoms with Crippen molar-refractivity contribution in [3.8, 4) is 0 Å². The molecule has 0 fully saturated rings. The van der Waals surface area contributed by atoms with Gasteiger partial charge in [-0.15, -0.1) is 0 Å². The number of benzene rings is 2. The van der Waals surface area contributed by atoms with Crippen LogP contribution in [0.5, 0.6) is 0 Å². The molecule has 0 heterocycles. The van der Waals surface area contributed by atoms with Gasteiger partial charge < -0.3 is 9.80 Å². The molecule has 0 aliphatic heterocycles. The molecular formula is C21H34N2. The van der Waals surface area contributed by atoms with Crippen LogP contribution in [0.15, 0.2) is 60.7 Å². The summed E-state index contributed by atoms with van der Waals surface area (Å²) in [6.07, 6.45) is 0. The van der Waals surface area contributed by atoms with E-state index in [0.717, 1.165) is 26.2 Å². The maximum absolute atomic E-state index is 2.33. The van der Waals surface area contributed by atoms with Crippen molar-refractivity contribution < 1.29 is 0 Å². The summed E-state index contributed by atoms with van der Waals surface area (Å²) in [5, 5.41) is 0. The molecule has 0 N–H and O–H groups in total. The zero-order valence-electron chi connectivity index (χ0n) is 14.5. The molecule has 2 nitrogen and oxygen atoms in total. The highest BCUT2D eigenvalue weighted by Crippen LogP contribution is 2.12. The summed E-state index contributed by atoms with van der Waals surface area (Å²) < 4.78 is 0. The summed E-state index contributed by atoms with van der Waals surface area (Å²) in [5.74, 6) is 0. The van der Waals surface area contributed by atoms with Crippen LogP contribution in [-0.2, 0) is 0 Å². The molecule has 0 aromatic heterocycles. The van der Waals surface area contributed by atoms with Gasteiger partial charge in [0.2, 0.25) is 0 Å². The number of hydrogen-bond donors (Lipinski definition) is 0. The van der Waals surface area contributed by atoms with E-state index < -0.39 is 0 Å². The van der Waals surface area contributed by atoms with Gasteiger partial charge in [0.15, 0.2) is 0 Å². The van der Waals surface area contributed by atoms with Crippen molar-refractivity contribution in [2.75, 3.05) is 36.0 Å². The lowest BCUT2D eigenvalue weighted by atomic mass is 10.3. The Labute approximate surface area is 143 Å². The summed E-state index contributed by atoms with van der Waals surface area (Å²) in [6.45, 7) is 13.0. The SMILES string of the molecule is C.CCN(CC)c1ccccc1.CCN(CC)c1ccccc1. The topological polar surface area (TPSA) is 6.48 Å². The van der Waals surface area contributed by atoms with Crippen LogP contribution in [0.2, 0.25) is 0 Å². The third-order valence-corrected chi connectivity index (χ3v) is 3.77. The first kappa shape index (κ1) is 21.0. The van der Waals surface area contributed by atoms with Crippen LogP contribution < -0.4 is 9.80 Å². The molecule has 0 aliphatic carbocycles. The first-order valence-electron chi connectivity index (χ1n) is 8.36. The Morgan fingerprint density at radius 3 is 1.00 bits per heavy atom. The molecule has 0 spiro atoms. The van der Waals surface area contributed by atoms with Gasteiger partial charge in [-0.25, -0.2) is 0 Å². The lowest BCUT2D eigenvalue weighted by molar-refractivity contribution is 0.866. The smallest absolute Gasteiger partial charge is 0.0365 e. The van der Waals surface area contributed by atoms with E-state index in [4.69, 9.17) is 0 Å². The molecular weight excluding hydrogens is 280 g/mol. The highest BCUT2D eigenvalue weighted by molar-refractivity contribution is 5.46. The van der Waals surface area contributed by atoms with E-state index in [0.29, 0.717) is 0 Å². The minimum absolute atomic E-state index is 0. The molecule has 0 aliphatic rings. The van der Waals surface area contributed by atoms with Gasteiger partial charge in [-0.1, -0.05) is 43.8 Å². The molecule has 2 aromatic rings. The maximum atomic E-state index is 2.33. The second-order valence-electron chi connectivity index (χ2n) is 5.02. The molecule has 2 rings (SSSR count). The fourth-order valence-electron chi connectivity index (χ4n) is 2.46. The minimum atomic E-state index is 0. The normalized spacial score (nSPS) is 9.22. The molecule has 23 heavy (non-hydrogen) atoms. The van der Waals surface area contributed by atoms with Gasteiger partial charge in [0.25, 0.3) is 0 Å². The van der Waals surface area contributed by atoms with E-state index in [1.165, 1.54) is 11.4 Å². The molecule has 0 bridgehead atoms. The second kappa shape index (κ2) is 12.6. The van der Waals surface area contributed by atoms with Crippen LogP contribution in [0.4, 0.5) is 11.4 Å². The predicted octanol–water partition coefficient (Wildman–Crippen LogP) is 5.70. The van der Waals surface area contributed by atoms with Gasteiger partial charge in [-0.05, 0) is 52.0 Å². The van der Waals surface area contributed by atoms with E-state index in [1.807, 2.05) is 12.1 Å². The Balaban J connectivity index is 0.000000403. The predicted molar refractivity (Wildman–Crippen MR) is 107 cm³/mol. The summed E-state index contributed by atoms with van der Waals surface area (Å²) in [5.41, 5.74) is 2.63. The number of rotatable bonds is 6. The van der Waals surface area contributed by atoms with E-state index in [9.17, 15) is 0 Å². The van der Waals surface area contributed by atoms with E-state index in [1.54, 1.807) is 0 Å². The quantitative estimate of drug-likeness (QED) is 0.674. The minimum Gasteiger partial charge on any atom is -0.372 e. The Morgan fingerprint density at radius 1 is 0.522 bits per heavy atom. The van der Waals surface area contributed by atoms with Gasteiger partial charge in [0.05, 0.1) is 0 Å². The highest BCUT2D eigenvalue weighted by Gasteiger charge is 1.98. The van der Waals surface area contributed by atoms with Crippen molar-refractivity contribution in [1.29, 1.82) is 0 Å². The molecule has 128 valence electrons. The van der Waals surface area contributed by atoms with Gasteiger partial charge in [-0.2, -0.15) is 0 Å². The van der Waals surface area contributed by atoms with Crippen molar-refractivity contribution in [1.82, 2.24) is 0 Å². The fraction of sp³-hybridized carbons (Fsp3) is 0.429. The molecule has 2 aromatic carbocycles. The van der Waals surface area contributed by atoms with Crippen molar-refractivity contribution in [3.63, 3.8) is 0 Å². The average Bonchev–Trinajstić information content (AvgIpc) is 2.60. The first-order chi connectivity index (χ1) is 10.8.